The van der Waals surface area contributed by atoms with Crippen LogP contribution in [0.4, 0.5) is 10.2 Å². The van der Waals surface area contributed by atoms with Crippen molar-refractivity contribution in [3.8, 4) is 0 Å². The predicted octanol–water partition coefficient (Wildman–Crippen LogP) is 3.85. The smallest absolute Gasteiger partial charge is 0.272 e. The highest BCUT2D eigenvalue weighted by Crippen LogP contribution is 2.14. The summed E-state index contributed by atoms with van der Waals surface area (Å²) in [5.41, 5.74) is 1.67. The maximum absolute atomic E-state index is 13.6. The Morgan fingerprint density at radius 3 is 2.41 bits per heavy atom. The van der Waals surface area contributed by atoms with Gasteiger partial charge in [0.1, 0.15) is 11.6 Å². The van der Waals surface area contributed by atoms with Gasteiger partial charge < -0.3 is 10.6 Å². The summed E-state index contributed by atoms with van der Waals surface area (Å²) in [5.74, 6) is -0.0368. The first kappa shape index (κ1) is 18.8. The Morgan fingerprint density at radius 2 is 1.70 bits per heavy atom. The van der Waals surface area contributed by atoms with Gasteiger partial charge in [-0.1, -0.05) is 48.0 Å². The lowest BCUT2D eigenvalue weighted by molar-refractivity contribution is 0.0945. The predicted molar refractivity (Wildman–Crippen MR) is 103 cm³/mol. The molecule has 27 heavy (non-hydrogen) atoms. The van der Waals surface area contributed by atoms with Gasteiger partial charge in [0.25, 0.3) is 5.91 Å². The number of hydrogen-bond acceptors (Lipinski definition) is 4. The van der Waals surface area contributed by atoms with Crippen molar-refractivity contribution in [1.82, 2.24) is 15.5 Å². The highest BCUT2D eigenvalue weighted by Gasteiger charge is 2.09. The van der Waals surface area contributed by atoms with E-state index in [1.165, 1.54) is 6.07 Å². The molecule has 1 amide bonds. The molecule has 0 saturated carbocycles. The average Bonchev–Trinajstić information content (AvgIpc) is 2.69. The van der Waals surface area contributed by atoms with Crippen molar-refractivity contribution in [2.75, 3.05) is 11.9 Å². The van der Waals surface area contributed by atoms with Crippen LogP contribution in [0.3, 0.4) is 0 Å². The number of aromatic nitrogens is 2. The van der Waals surface area contributed by atoms with Crippen LogP contribution in [0.5, 0.6) is 0 Å². The average molecular weight is 385 g/mol. The fraction of sp³-hybridized carbons (Fsp3) is 0.150. The molecule has 0 saturated heterocycles. The molecule has 0 aliphatic carbocycles. The summed E-state index contributed by atoms with van der Waals surface area (Å²) >= 11 is 6.07. The monoisotopic (exact) mass is 384 g/mol. The summed E-state index contributed by atoms with van der Waals surface area (Å²) in [7, 11) is 0. The van der Waals surface area contributed by atoms with E-state index in [0.29, 0.717) is 35.9 Å². The van der Waals surface area contributed by atoms with Crippen molar-refractivity contribution >= 4 is 23.3 Å². The molecule has 0 unspecified atom stereocenters. The number of carbonyl (C=O) groups is 1. The van der Waals surface area contributed by atoms with Crippen molar-refractivity contribution in [3.63, 3.8) is 0 Å². The Hall–Kier alpha value is -2.99. The second-order valence-electron chi connectivity index (χ2n) is 5.85. The van der Waals surface area contributed by atoms with E-state index in [0.717, 1.165) is 5.56 Å². The maximum atomic E-state index is 13.6. The van der Waals surface area contributed by atoms with Crippen LogP contribution in [0.1, 0.15) is 21.6 Å². The fourth-order valence-corrected chi connectivity index (χ4v) is 2.68. The summed E-state index contributed by atoms with van der Waals surface area (Å²) in [4.78, 5) is 12.2. The largest absolute Gasteiger partial charge is 0.368 e. The van der Waals surface area contributed by atoms with E-state index in [1.54, 1.807) is 36.4 Å². The first-order valence-corrected chi connectivity index (χ1v) is 8.84. The van der Waals surface area contributed by atoms with E-state index in [-0.39, 0.29) is 17.4 Å². The lowest BCUT2D eigenvalue weighted by Crippen LogP contribution is -2.24. The number of hydrogen-bond donors (Lipinski definition) is 2. The van der Waals surface area contributed by atoms with Crippen molar-refractivity contribution < 1.29 is 9.18 Å². The van der Waals surface area contributed by atoms with Gasteiger partial charge in [0.2, 0.25) is 0 Å². The second-order valence-corrected chi connectivity index (χ2v) is 6.25. The molecule has 5 nitrogen and oxygen atoms in total. The summed E-state index contributed by atoms with van der Waals surface area (Å²) in [5, 5.41) is 14.3. The number of nitrogens with zero attached hydrogens (tertiary/aromatic N) is 2. The fourth-order valence-electron chi connectivity index (χ4n) is 2.48. The zero-order valence-corrected chi connectivity index (χ0v) is 15.2. The minimum atomic E-state index is -0.333. The van der Waals surface area contributed by atoms with Crippen molar-refractivity contribution in [3.05, 3.63) is 88.3 Å². The first-order chi connectivity index (χ1) is 13.1. The van der Waals surface area contributed by atoms with Crippen molar-refractivity contribution in [1.29, 1.82) is 0 Å². The van der Waals surface area contributed by atoms with Crippen LogP contribution in [0.25, 0.3) is 0 Å². The first-order valence-electron chi connectivity index (χ1n) is 8.46. The van der Waals surface area contributed by atoms with Crippen LogP contribution in [0, 0.1) is 5.82 Å². The molecule has 2 aromatic carbocycles. The Balaban J connectivity index is 1.50. The quantitative estimate of drug-likeness (QED) is 0.649. The number of nitrogens with one attached hydrogen (secondary N) is 2. The van der Waals surface area contributed by atoms with Gasteiger partial charge in [-0.2, -0.15) is 0 Å². The molecule has 1 aromatic heterocycles. The molecule has 0 spiro atoms. The molecule has 2 N–H and O–H groups in total. The number of halogens is 2. The van der Waals surface area contributed by atoms with Gasteiger partial charge in [-0.3, -0.25) is 4.79 Å². The number of amides is 1. The van der Waals surface area contributed by atoms with Crippen LogP contribution in [-0.2, 0) is 13.0 Å². The van der Waals surface area contributed by atoms with Gasteiger partial charge in [0.15, 0.2) is 5.69 Å². The number of rotatable bonds is 7. The Labute approximate surface area is 161 Å². The van der Waals surface area contributed by atoms with Crippen molar-refractivity contribution in [2.45, 2.75) is 13.0 Å². The van der Waals surface area contributed by atoms with Gasteiger partial charge in [0.05, 0.1) is 0 Å². The zero-order valence-electron chi connectivity index (χ0n) is 14.5. The topological polar surface area (TPSA) is 66.9 Å². The molecule has 0 atom stereocenters. The molecule has 0 fully saturated rings. The van der Waals surface area contributed by atoms with Crippen LogP contribution < -0.4 is 10.6 Å². The summed E-state index contributed by atoms with van der Waals surface area (Å²) < 4.78 is 13.6. The molecule has 3 aromatic rings. The molecule has 0 radical (unpaired) electrons. The van der Waals surface area contributed by atoms with E-state index in [4.69, 9.17) is 11.6 Å². The van der Waals surface area contributed by atoms with E-state index in [9.17, 15) is 9.18 Å². The Bertz CT molecular complexity index is 918. The standard InChI is InChI=1S/C20H18ClFN4O/c21-16-7-3-1-6-15(16)13-24-20(27)18-9-10-19(26-25-18)23-12-11-14-5-2-4-8-17(14)22/h1-10H,11-13H2,(H,23,26)(H,24,27). The second kappa shape index (κ2) is 9.09. The minimum absolute atomic E-state index is 0.210. The maximum Gasteiger partial charge on any atom is 0.272 e. The minimum Gasteiger partial charge on any atom is -0.368 e. The summed E-state index contributed by atoms with van der Waals surface area (Å²) in [6.45, 7) is 0.816. The molecule has 7 heteroatoms. The molecule has 0 aliphatic rings. The number of anilines is 1. The number of carbonyl (C=O) groups excluding carboxylic acids is 1. The molecule has 1 heterocycles. The van der Waals surface area contributed by atoms with Gasteiger partial charge in [-0.15, -0.1) is 10.2 Å². The summed E-state index contributed by atoms with van der Waals surface area (Å²) in [6, 6.07) is 17.2. The molecule has 0 bridgehead atoms. The molecule has 0 aliphatic heterocycles. The normalized spacial score (nSPS) is 10.4. The van der Waals surface area contributed by atoms with Gasteiger partial charge in [-0.05, 0) is 41.8 Å². The number of benzene rings is 2. The Kier molecular flexibility index (Phi) is 6.33. The van der Waals surface area contributed by atoms with Gasteiger partial charge >= 0.3 is 0 Å². The molecule has 138 valence electrons. The van der Waals surface area contributed by atoms with Crippen LogP contribution in [0.2, 0.25) is 5.02 Å². The van der Waals surface area contributed by atoms with Crippen LogP contribution >= 0.6 is 11.6 Å². The van der Waals surface area contributed by atoms with Crippen molar-refractivity contribution in [2.24, 2.45) is 0 Å². The van der Waals surface area contributed by atoms with Gasteiger partial charge in [-0.25, -0.2) is 4.39 Å². The SMILES string of the molecule is O=C(NCc1ccccc1Cl)c1ccc(NCCc2ccccc2F)nn1. The summed E-state index contributed by atoms with van der Waals surface area (Å²) in [6.07, 6.45) is 0.522. The van der Waals surface area contributed by atoms with Crippen LogP contribution in [-0.4, -0.2) is 22.6 Å². The third-order valence-corrected chi connectivity index (χ3v) is 4.32. The lowest BCUT2D eigenvalue weighted by atomic mass is 10.1. The third-order valence-electron chi connectivity index (χ3n) is 3.95. The molecule has 3 rings (SSSR count). The van der Waals surface area contributed by atoms with Crippen LogP contribution in [0.15, 0.2) is 60.7 Å². The van der Waals surface area contributed by atoms with E-state index in [1.807, 2.05) is 18.2 Å². The highest BCUT2D eigenvalue weighted by atomic mass is 35.5. The Morgan fingerprint density at radius 1 is 0.963 bits per heavy atom. The third kappa shape index (κ3) is 5.24. The zero-order chi connectivity index (χ0) is 19.1. The highest BCUT2D eigenvalue weighted by molar-refractivity contribution is 6.31. The lowest BCUT2D eigenvalue weighted by Gasteiger charge is -2.08. The van der Waals surface area contributed by atoms with Gasteiger partial charge in [0, 0.05) is 18.1 Å². The van der Waals surface area contributed by atoms with E-state index >= 15 is 0 Å². The van der Waals surface area contributed by atoms with E-state index in [2.05, 4.69) is 20.8 Å². The van der Waals surface area contributed by atoms with E-state index < -0.39 is 0 Å². The molecular formula is C20H18ClFN4O. The molecular weight excluding hydrogens is 367 g/mol.